The van der Waals surface area contributed by atoms with Crippen LogP contribution in [0.15, 0.2) is 12.1 Å². The van der Waals surface area contributed by atoms with Gasteiger partial charge in [-0.15, -0.1) is 39.5 Å². The van der Waals surface area contributed by atoms with E-state index in [2.05, 4.69) is 19.5 Å². The molecule has 1 N–H and O–H groups in total. The summed E-state index contributed by atoms with van der Waals surface area (Å²) in [5, 5.41) is 2.50. The van der Waals surface area contributed by atoms with Gasteiger partial charge in [0.15, 0.2) is 11.5 Å². The zero-order valence-electron chi connectivity index (χ0n) is 13.9. The number of halogens is 9. The van der Waals surface area contributed by atoms with E-state index in [1.165, 1.54) is 20.9 Å². The molecule has 0 saturated carbocycles. The molecule has 1 atom stereocenters. The molecule has 156 valence electrons. The average molecular weight is 415 g/mol. The van der Waals surface area contributed by atoms with Crippen molar-refractivity contribution in [2.45, 2.75) is 39.0 Å². The SMILES string of the molecule is CNC(c1cc(OC(F)(F)F)cc(OC(F)(F)F)c1OC(F)(F)F)C(C)C. The van der Waals surface area contributed by atoms with Crippen LogP contribution < -0.4 is 19.5 Å². The minimum absolute atomic E-state index is 0.0125. The zero-order valence-corrected chi connectivity index (χ0v) is 13.9. The fourth-order valence-corrected chi connectivity index (χ4v) is 2.29. The van der Waals surface area contributed by atoms with Gasteiger partial charge in [0.1, 0.15) is 5.75 Å². The lowest BCUT2D eigenvalue weighted by Crippen LogP contribution is -2.27. The Balaban J connectivity index is 3.69. The lowest BCUT2D eigenvalue weighted by atomic mass is 9.94. The van der Waals surface area contributed by atoms with E-state index in [0.717, 1.165) is 0 Å². The number of nitrogens with one attached hydrogen (secondary N) is 1. The second kappa shape index (κ2) is 7.90. The Kier molecular flexibility index (Phi) is 6.73. The van der Waals surface area contributed by atoms with Crippen LogP contribution in [0.4, 0.5) is 39.5 Å². The molecule has 0 fully saturated rings. The van der Waals surface area contributed by atoms with Crippen molar-refractivity contribution >= 4 is 0 Å². The third-order valence-corrected chi connectivity index (χ3v) is 3.05. The molecule has 4 nitrogen and oxygen atoms in total. The van der Waals surface area contributed by atoms with Crippen LogP contribution in [0, 0.1) is 5.92 Å². The predicted octanol–water partition coefficient (Wildman–Crippen LogP) is 5.30. The zero-order chi connectivity index (χ0) is 21.2. The largest absolute Gasteiger partial charge is 0.573 e. The summed E-state index contributed by atoms with van der Waals surface area (Å²) in [4.78, 5) is 0. The molecule has 13 heteroatoms. The van der Waals surface area contributed by atoms with Crippen molar-refractivity contribution in [1.82, 2.24) is 5.32 Å². The molecule has 0 heterocycles. The molecule has 0 aliphatic heterocycles. The van der Waals surface area contributed by atoms with Crippen LogP contribution in [-0.2, 0) is 0 Å². The van der Waals surface area contributed by atoms with Crippen LogP contribution in [0.1, 0.15) is 25.5 Å². The molecule has 0 aliphatic carbocycles. The summed E-state index contributed by atoms with van der Waals surface area (Å²) in [5.74, 6) is -4.81. The van der Waals surface area contributed by atoms with Gasteiger partial charge in [0.05, 0.1) is 0 Å². The standard InChI is InChI=1S/C14H14F9NO3/c1-6(2)10(24-3)8-4-7(25-12(15,16)17)5-9(26-13(18,19)20)11(8)27-14(21,22)23/h4-6,10,24H,1-3H3. The van der Waals surface area contributed by atoms with Crippen LogP contribution in [0.2, 0.25) is 0 Å². The summed E-state index contributed by atoms with van der Waals surface area (Å²) < 4.78 is 124. The Hall–Kier alpha value is -2.05. The molecule has 0 aromatic heterocycles. The summed E-state index contributed by atoms with van der Waals surface area (Å²) in [6, 6.07) is -0.605. The molecule has 0 aliphatic rings. The van der Waals surface area contributed by atoms with E-state index >= 15 is 0 Å². The first kappa shape index (κ1) is 23.0. The number of rotatable bonds is 6. The number of hydrogen-bond donors (Lipinski definition) is 1. The van der Waals surface area contributed by atoms with E-state index in [1.807, 2.05) is 0 Å². The Morgan fingerprint density at radius 3 is 1.63 bits per heavy atom. The second-order valence-electron chi connectivity index (χ2n) is 5.49. The van der Waals surface area contributed by atoms with Gasteiger partial charge in [-0.3, -0.25) is 0 Å². The van der Waals surface area contributed by atoms with Crippen LogP contribution in [0.3, 0.4) is 0 Å². The monoisotopic (exact) mass is 415 g/mol. The highest BCUT2D eigenvalue weighted by molar-refractivity contribution is 5.53. The Labute approximate surface area is 147 Å². The Morgan fingerprint density at radius 1 is 0.778 bits per heavy atom. The van der Waals surface area contributed by atoms with Crippen molar-refractivity contribution in [2.24, 2.45) is 5.92 Å². The summed E-state index contributed by atoms with van der Waals surface area (Å²) >= 11 is 0. The van der Waals surface area contributed by atoms with Gasteiger partial charge in [0.25, 0.3) is 0 Å². The smallest absolute Gasteiger partial charge is 0.406 e. The summed E-state index contributed by atoms with van der Waals surface area (Å²) in [7, 11) is 1.25. The van der Waals surface area contributed by atoms with Crippen LogP contribution >= 0.6 is 0 Å². The minimum Gasteiger partial charge on any atom is -0.406 e. The second-order valence-corrected chi connectivity index (χ2v) is 5.49. The number of benzene rings is 1. The highest BCUT2D eigenvalue weighted by Gasteiger charge is 2.40. The maximum Gasteiger partial charge on any atom is 0.573 e. The first-order valence-corrected chi connectivity index (χ1v) is 7.15. The number of hydrogen-bond acceptors (Lipinski definition) is 4. The minimum atomic E-state index is -5.50. The quantitative estimate of drug-likeness (QED) is 0.641. The number of ether oxygens (including phenoxy) is 3. The van der Waals surface area contributed by atoms with Gasteiger partial charge < -0.3 is 19.5 Å². The van der Waals surface area contributed by atoms with E-state index in [-0.39, 0.29) is 6.07 Å². The van der Waals surface area contributed by atoms with Crippen LogP contribution in [0.5, 0.6) is 17.2 Å². The third-order valence-electron chi connectivity index (χ3n) is 3.05. The summed E-state index contributed by atoms with van der Waals surface area (Å²) in [6.45, 7) is 2.94. The van der Waals surface area contributed by atoms with E-state index in [0.29, 0.717) is 6.07 Å². The van der Waals surface area contributed by atoms with Gasteiger partial charge in [-0.1, -0.05) is 13.8 Å². The van der Waals surface area contributed by atoms with Gasteiger partial charge in [0, 0.05) is 17.7 Å². The molecule has 1 unspecified atom stereocenters. The topological polar surface area (TPSA) is 39.7 Å². The fraction of sp³-hybridized carbons (Fsp3) is 0.571. The maximum absolute atomic E-state index is 12.7. The lowest BCUT2D eigenvalue weighted by Gasteiger charge is -2.26. The highest BCUT2D eigenvalue weighted by Crippen LogP contribution is 2.45. The van der Waals surface area contributed by atoms with Crippen molar-refractivity contribution in [3.63, 3.8) is 0 Å². The molecule has 1 aromatic rings. The van der Waals surface area contributed by atoms with E-state index in [4.69, 9.17) is 0 Å². The van der Waals surface area contributed by atoms with Gasteiger partial charge in [-0.2, -0.15) is 0 Å². The van der Waals surface area contributed by atoms with Gasteiger partial charge in [-0.05, 0) is 19.0 Å². The Bertz CT molecular complexity index is 638. The van der Waals surface area contributed by atoms with E-state index in [1.54, 1.807) is 0 Å². The molecule has 0 saturated heterocycles. The van der Waals surface area contributed by atoms with Crippen molar-refractivity contribution < 1.29 is 53.7 Å². The summed E-state index contributed by atoms with van der Waals surface area (Å²) in [6.07, 6.45) is -16.2. The molecular weight excluding hydrogens is 401 g/mol. The predicted molar refractivity (Wildman–Crippen MR) is 73.1 cm³/mol. The Morgan fingerprint density at radius 2 is 1.26 bits per heavy atom. The summed E-state index contributed by atoms with van der Waals surface area (Å²) in [5.41, 5.74) is -0.661. The average Bonchev–Trinajstić information content (AvgIpc) is 2.37. The first-order valence-electron chi connectivity index (χ1n) is 7.15. The van der Waals surface area contributed by atoms with Crippen molar-refractivity contribution in [3.05, 3.63) is 17.7 Å². The molecular formula is C14H14F9NO3. The molecule has 0 amide bonds. The van der Waals surface area contributed by atoms with E-state index < -0.39 is 53.9 Å². The van der Waals surface area contributed by atoms with Gasteiger partial charge in [-0.25, -0.2) is 0 Å². The van der Waals surface area contributed by atoms with Gasteiger partial charge in [0.2, 0.25) is 0 Å². The van der Waals surface area contributed by atoms with E-state index in [9.17, 15) is 39.5 Å². The lowest BCUT2D eigenvalue weighted by molar-refractivity contribution is -0.288. The highest BCUT2D eigenvalue weighted by atomic mass is 19.4. The van der Waals surface area contributed by atoms with Crippen LogP contribution in [-0.4, -0.2) is 26.1 Å². The molecule has 0 bridgehead atoms. The van der Waals surface area contributed by atoms with Crippen LogP contribution in [0.25, 0.3) is 0 Å². The molecule has 27 heavy (non-hydrogen) atoms. The van der Waals surface area contributed by atoms with Crippen molar-refractivity contribution in [1.29, 1.82) is 0 Å². The molecule has 0 radical (unpaired) electrons. The first-order chi connectivity index (χ1) is 12.0. The third kappa shape index (κ3) is 7.61. The fourth-order valence-electron chi connectivity index (χ4n) is 2.29. The maximum atomic E-state index is 12.7. The molecule has 1 rings (SSSR count). The van der Waals surface area contributed by atoms with Gasteiger partial charge >= 0.3 is 19.1 Å². The van der Waals surface area contributed by atoms with Crippen molar-refractivity contribution in [3.8, 4) is 17.2 Å². The molecule has 1 aromatic carbocycles. The molecule has 0 spiro atoms. The normalized spacial score (nSPS) is 14.3. The van der Waals surface area contributed by atoms with Crippen molar-refractivity contribution in [2.75, 3.05) is 7.05 Å². The number of alkyl halides is 9.